The van der Waals surface area contributed by atoms with Crippen molar-refractivity contribution in [3.63, 3.8) is 0 Å². The van der Waals surface area contributed by atoms with Crippen molar-refractivity contribution >= 4 is 5.91 Å². The van der Waals surface area contributed by atoms with Gasteiger partial charge in [0.25, 0.3) is 5.91 Å². The van der Waals surface area contributed by atoms with Gasteiger partial charge in [-0.3, -0.25) is 9.69 Å². The molecule has 0 radical (unpaired) electrons. The molecule has 16 heavy (non-hydrogen) atoms. The second-order valence-corrected chi connectivity index (χ2v) is 5.41. The number of rotatable bonds is 2. The molecule has 1 amide bonds. The van der Waals surface area contributed by atoms with Crippen LogP contribution in [0, 0.1) is 0 Å². The van der Waals surface area contributed by atoms with Crippen molar-refractivity contribution in [2.45, 2.75) is 45.2 Å². The van der Waals surface area contributed by atoms with Crippen molar-refractivity contribution in [2.75, 3.05) is 13.6 Å². The van der Waals surface area contributed by atoms with E-state index >= 15 is 0 Å². The summed E-state index contributed by atoms with van der Waals surface area (Å²) in [6, 6.07) is 0.0609. The molecule has 1 atom stereocenters. The van der Waals surface area contributed by atoms with Gasteiger partial charge in [0.05, 0.1) is 0 Å². The number of nitrogens with one attached hydrogen (secondary N) is 1. The molecule has 1 rings (SSSR count). The molecule has 92 valence electrons. The van der Waals surface area contributed by atoms with Crippen LogP contribution in [0.4, 0.5) is 4.39 Å². The maximum absolute atomic E-state index is 13.6. The van der Waals surface area contributed by atoms with Crippen LogP contribution in [0.1, 0.15) is 33.6 Å². The molecule has 1 heterocycles. The van der Waals surface area contributed by atoms with Crippen LogP contribution in [-0.2, 0) is 4.79 Å². The summed E-state index contributed by atoms with van der Waals surface area (Å²) in [7, 11) is 1.95. The van der Waals surface area contributed by atoms with E-state index in [-0.39, 0.29) is 6.04 Å². The van der Waals surface area contributed by atoms with E-state index in [1.165, 1.54) is 6.08 Å². The third-order valence-corrected chi connectivity index (χ3v) is 2.62. The fourth-order valence-corrected chi connectivity index (χ4v) is 1.79. The zero-order chi connectivity index (χ0) is 12.3. The van der Waals surface area contributed by atoms with Crippen molar-refractivity contribution in [1.29, 1.82) is 0 Å². The first kappa shape index (κ1) is 13.2. The Balaban J connectivity index is 2.59. The number of likely N-dealkylation sites (tertiary alicyclic amines) is 1. The lowest BCUT2D eigenvalue weighted by Crippen LogP contribution is -2.41. The largest absolute Gasteiger partial charge is 0.345 e. The second kappa shape index (κ2) is 4.95. The molecule has 1 aliphatic heterocycles. The lowest BCUT2D eigenvalue weighted by molar-refractivity contribution is -0.120. The summed E-state index contributed by atoms with van der Waals surface area (Å²) in [5.74, 6) is -1.29. The van der Waals surface area contributed by atoms with E-state index in [0.29, 0.717) is 0 Å². The molecule has 0 unspecified atom stereocenters. The van der Waals surface area contributed by atoms with Gasteiger partial charge in [0.1, 0.15) is 0 Å². The van der Waals surface area contributed by atoms with Gasteiger partial charge in [-0.05, 0) is 53.3 Å². The molecule has 1 fully saturated rings. The first-order valence-corrected chi connectivity index (χ1v) is 5.70. The Kier molecular flexibility index (Phi) is 4.08. The zero-order valence-corrected chi connectivity index (χ0v) is 10.5. The Morgan fingerprint density at radius 2 is 2.12 bits per heavy atom. The van der Waals surface area contributed by atoms with E-state index in [9.17, 15) is 9.18 Å². The Labute approximate surface area is 96.7 Å². The van der Waals surface area contributed by atoms with Crippen molar-refractivity contribution in [1.82, 2.24) is 10.2 Å². The highest BCUT2D eigenvalue weighted by molar-refractivity contribution is 5.91. The van der Waals surface area contributed by atoms with Crippen molar-refractivity contribution in [3.05, 3.63) is 11.9 Å². The number of halogens is 1. The van der Waals surface area contributed by atoms with Crippen LogP contribution in [0.5, 0.6) is 0 Å². The van der Waals surface area contributed by atoms with Crippen LogP contribution < -0.4 is 5.32 Å². The predicted molar refractivity (Wildman–Crippen MR) is 62.7 cm³/mol. The lowest BCUT2D eigenvalue weighted by atomic mass is 10.1. The molecule has 1 aliphatic rings. The molecule has 0 aliphatic carbocycles. The summed E-state index contributed by atoms with van der Waals surface area (Å²) in [6.45, 7) is 6.47. The van der Waals surface area contributed by atoms with Gasteiger partial charge in [0.15, 0.2) is 5.83 Å². The number of likely N-dealkylation sites (N-methyl/N-ethyl adjacent to an activating group) is 1. The minimum Gasteiger partial charge on any atom is -0.345 e. The third-order valence-electron chi connectivity index (χ3n) is 2.62. The standard InChI is InChI=1S/C12H21FN2O/c1-12(2,3)14-11(16)10(13)8-9-6-5-7-15(9)4/h8-9H,5-7H2,1-4H3,(H,14,16)/b10-8+/t9-/m0/s1. The summed E-state index contributed by atoms with van der Waals surface area (Å²) in [5, 5.41) is 2.61. The van der Waals surface area contributed by atoms with Gasteiger partial charge >= 0.3 is 0 Å². The van der Waals surface area contributed by atoms with Gasteiger partial charge in [-0.2, -0.15) is 0 Å². The van der Waals surface area contributed by atoms with E-state index in [1.54, 1.807) is 0 Å². The van der Waals surface area contributed by atoms with Gasteiger partial charge in [-0.25, -0.2) is 4.39 Å². The molecule has 3 nitrogen and oxygen atoms in total. The van der Waals surface area contributed by atoms with Crippen LogP contribution in [-0.4, -0.2) is 36.0 Å². The van der Waals surface area contributed by atoms with Crippen molar-refractivity contribution in [2.24, 2.45) is 0 Å². The highest BCUT2D eigenvalue weighted by Gasteiger charge is 2.22. The molecule has 0 saturated carbocycles. The molecular formula is C12H21FN2O. The molecule has 1 saturated heterocycles. The SMILES string of the molecule is CN1CCC[C@H]1/C=C(/F)C(=O)NC(C)(C)C. The normalized spacial score (nSPS) is 23.6. The van der Waals surface area contributed by atoms with Gasteiger partial charge in [0, 0.05) is 11.6 Å². The van der Waals surface area contributed by atoms with E-state index in [2.05, 4.69) is 10.2 Å². The third kappa shape index (κ3) is 3.93. The average Bonchev–Trinajstić information content (AvgIpc) is 2.49. The molecule has 0 aromatic carbocycles. The number of hydrogen-bond donors (Lipinski definition) is 1. The smallest absolute Gasteiger partial charge is 0.280 e. The monoisotopic (exact) mass is 228 g/mol. The van der Waals surface area contributed by atoms with E-state index in [1.807, 2.05) is 27.8 Å². The molecule has 0 aromatic rings. The predicted octanol–water partition coefficient (Wildman–Crippen LogP) is 1.85. The molecule has 0 aromatic heterocycles. The highest BCUT2D eigenvalue weighted by Crippen LogP contribution is 2.18. The van der Waals surface area contributed by atoms with Crippen LogP contribution in [0.2, 0.25) is 0 Å². The van der Waals surface area contributed by atoms with E-state index in [4.69, 9.17) is 0 Å². The van der Waals surface area contributed by atoms with E-state index < -0.39 is 17.3 Å². The fourth-order valence-electron chi connectivity index (χ4n) is 1.79. The average molecular weight is 228 g/mol. The van der Waals surface area contributed by atoms with Crippen molar-refractivity contribution < 1.29 is 9.18 Å². The molecule has 4 heteroatoms. The van der Waals surface area contributed by atoms with Crippen LogP contribution in [0.25, 0.3) is 0 Å². The van der Waals surface area contributed by atoms with Gasteiger partial charge < -0.3 is 5.32 Å². The molecule has 0 bridgehead atoms. The second-order valence-electron chi connectivity index (χ2n) is 5.41. The summed E-state index contributed by atoms with van der Waals surface area (Å²) < 4.78 is 13.6. The topological polar surface area (TPSA) is 32.3 Å². The van der Waals surface area contributed by atoms with Crippen LogP contribution in [0.3, 0.4) is 0 Å². The Morgan fingerprint density at radius 3 is 2.56 bits per heavy atom. The van der Waals surface area contributed by atoms with Crippen molar-refractivity contribution in [3.8, 4) is 0 Å². The first-order valence-electron chi connectivity index (χ1n) is 5.70. The Bertz CT molecular complexity index is 294. The lowest BCUT2D eigenvalue weighted by Gasteiger charge is -2.20. The minimum absolute atomic E-state index is 0.0609. The number of hydrogen-bond acceptors (Lipinski definition) is 2. The quantitative estimate of drug-likeness (QED) is 0.732. The van der Waals surface area contributed by atoms with Crippen LogP contribution in [0.15, 0.2) is 11.9 Å². The molecule has 1 N–H and O–H groups in total. The Morgan fingerprint density at radius 1 is 1.50 bits per heavy atom. The number of nitrogens with zero attached hydrogens (tertiary/aromatic N) is 1. The maximum atomic E-state index is 13.6. The number of amides is 1. The maximum Gasteiger partial charge on any atom is 0.280 e. The minimum atomic E-state index is -0.673. The number of carbonyl (C=O) groups excluding carboxylic acids is 1. The van der Waals surface area contributed by atoms with Gasteiger partial charge in [-0.15, -0.1) is 0 Å². The molecule has 0 spiro atoms. The summed E-state index contributed by atoms with van der Waals surface area (Å²) in [5.41, 5.74) is -0.399. The molecular weight excluding hydrogens is 207 g/mol. The number of carbonyl (C=O) groups is 1. The Hall–Kier alpha value is -0.900. The van der Waals surface area contributed by atoms with E-state index in [0.717, 1.165) is 19.4 Å². The van der Waals surface area contributed by atoms with Crippen LogP contribution >= 0.6 is 0 Å². The van der Waals surface area contributed by atoms with Gasteiger partial charge in [-0.1, -0.05) is 0 Å². The van der Waals surface area contributed by atoms with Gasteiger partial charge in [0.2, 0.25) is 0 Å². The highest BCUT2D eigenvalue weighted by atomic mass is 19.1. The summed E-state index contributed by atoms with van der Waals surface area (Å²) >= 11 is 0. The summed E-state index contributed by atoms with van der Waals surface area (Å²) in [4.78, 5) is 13.5. The fraction of sp³-hybridized carbons (Fsp3) is 0.750. The first-order chi connectivity index (χ1) is 7.29. The summed E-state index contributed by atoms with van der Waals surface area (Å²) in [6.07, 6.45) is 3.41. The zero-order valence-electron chi connectivity index (χ0n) is 10.5.